The van der Waals surface area contributed by atoms with E-state index in [1.807, 2.05) is 0 Å². The SMILES string of the molecule is Cc1ccc(-c2ccc3c(c2C)OC(C)(C)C3)cc1.O=P([O-])([O-])[O-].[K+].[K+].[K+]. The largest absolute Gasteiger partial charge is 1.00 e. The van der Waals surface area contributed by atoms with E-state index in [-0.39, 0.29) is 160 Å². The van der Waals surface area contributed by atoms with Crippen LogP contribution in [0, 0.1) is 13.8 Å². The first-order valence-electron chi connectivity index (χ1n) is 7.58. The minimum atomic E-state index is -5.39. The van der Waals surface area contributed by atoms with E-state index in [9.17, 15) is 0 Å². The summed E-state index contributed by atoms with van der Waals surface area (Å²) in [6.07, 6.45) is 0.997. The molecule has 0 aliphatic carbocycles. The van der Waals surface area contributed by atoms with Crippen molar-refractivity contribution in [3.05, 3.63) is 53.1 Å². The summed E-state index contributed by atoms with van der Waals surface area (Å²) >= 11 is 0. The Balaban J connectivity index is 0. The van der Waals surface area contributed by atoms with Gasteiger partial charge in [0.1, 0.15) is 11.4 Å². The number of phosphoric acid groups is 1. The molecule has 9 heteroatoms. The number of ether oxygens (including phenoxy) is 1. The van der Waals surface area contributed by atoms with E-state index in [4.69, 9.17) is 24.0 Å². The van der Waals surface area contributed by atoms with Gasteiger partial charge in [0, 0.05) is 6.42 Å². The molecule has 1 heterocycles. The van der Waals surface area contributed by atoms with Gasteiger partial charge < -0.3 is 24.0 Å². The Bertz CT molecular complexity index is 780. The van der Waals surface area contributed by atoms with Crippen LogP contribution < -0.4 is 174 Å². The number of rotatable bonds is 1. The molecule has 3 rings (SSSR count). The van der Waals surface area contributed by atoms with Gasteiger partial charge in [0.2, 0.25) is 0 Å². The maximum Gasteiger partial charge on any atom is 1.00 e. The normalized spacial score (nSPS) is 13.4. The third-order valence-electron chi connectivity index (χ3n) is 3.84. The number of hydrogen-bond donors (Lipinski definition) is 0. The van der Waals surface area contributed by atoms with E-state index in [0.29, 0.717) is 0 Å². The zero-order chi connectivity index (χ0) is 18.1. The third kappa shape index (κ3) is 11.1. The summed E-state index contributed by atoms with van der Waals surface area (Å²) in [4.78, 5) is 25.6. The van der Waals surface area contributed by atoms with E-state index >= 15 is 0 Å². The predicted molar refractivity (Wildman–Crippen MR) is 87.4 cm³/mol. The van der Waals surface area contributed by atoms with Crippen molar-refractivity contribution < 1.29 is 178 Å². The first kappa shape index (κ1) is 32.4. The van der Waals surface area contributed by atoms with E-state index in [0.717, 1.165) is 12.2 Å². The summed E-state index contributed by atoms with van der Waals surface area (Å²) in [5, 5.41) is 0. The van der Waals surface area contributed by atoms with Crippen molar-refractivity contribution in [3.8, 4) is 16.9 Å². The van der Waals surface area contributed by atoms with Gasteiger partial charge in [-0.1, -0.05) is 42.0 Å². The molecule has 0 saturated carbocycles. The van der Waals surface area contributed by atoms with Crippen molar-refractivity contribution in [1.82, 2.24) is 0 Å². The van der Waals surface area contributed by atoms with Crippen LogP contribution in [-0.4, -0.2) is 5.60 Å². The molecule has 0 amide bonds. The van der Waals surface area contributed by atoms with Crippen LogP contribution >= 0.6 is 7.82 Å². The summed E-state index contributed by atoms with van der Waals surface area (Å²) in [6, 6.07) is 13.1. The van der Waals surface area contributed by atoms with Crippen LogP contribution in [0.15, 0.2) is 36.4 Å². The van der Waals surface area contributed by atoms with Crippen LogP contribution in [0.5, 0.6) is 5.75 Å². The summed E-state index contributed by atoms with van der Waals surface area (Å²) < 4.78 is 14.7. The van der Waals surface area contributed by atoms with Crippen molar-refractivity contribution in [2.75, 3.05) is 0 Å². The van der Waals surface area contributed by atoms with Crippen molar-refractivity contribution >= 4 is 7.82 Å². The van der Waals surface area contributed by atoms with Crippen molar-refractivity contribution in [1.29, 1.82) is 0 Å². The number of benzene rings is 2. The summed E-state index contributed by atoms with van der Waals surface area (Å²) in [7, 11) is -5.39. The standard InChI is InChI=1S/C18H20O.3K.H3O4P/c1-12-5-7-14(8-6-12)16-10-9-15-11-18(3,4)19-17(15)13(16)2;;;;1-5(2,3)4/h5-10H,11H2,1-4H3;;;;(H3,1,2,3,4)/q;3*+1;/p-3. The van der Waals surface area contributed by atoms with Gasteiger partial charge >= 0.3 is 154 Å². The summed E-state index contributed by atoms with van der Waals surface area (Å²) in [5.41, 5.74) is 6.35. The molecule has 1 aliphatic rings. The molecule has 1 aliphatic heterocycles. The molecule has 0 atom stereocenters. The zero-order valence-corrected chi connectivity index (χ0v) is 27.4. The van der Waals surface area contributed by atoms with E-state index in [2.05, 4.69) is 64.1 Å². The monoisotopic (exact) mass is 464 g/mol. The molecule has 0 radical (unpaired) electrons. The fourth-order valence-corrected chi connectivity index (χ4v) is 2.85. The van der Waals surface area contributed by atoms with Gasteiger partial charge in [-0.05, 0) is 49.9 Å². The fraction of sp³-hybridized carbons (Fsp3) is 0.333. The molecule has 130 valence electrons. The summed E-state index contributed by atoms with van der Waals surface area (Å²) in [6.45, 7) is 8.58. The van der Waals surface area contributed by atoms with Gasteiger partial charge in [0.05, 0.1) is 0 Å². The maximum atomic E-state index is 8.55. The van der Waals surface area contributed by atoms with Crippen LogP contribution in [0.3, 0.4) is 0 Å². The Morgan fingerprint density at radius 3 is 1.89 bits per heavy atom. The van der Waals surface area contributed by atoms with Crippen LogP contribution in [0.4, 0.5) is 0 Å². The Morgan fingerprint density at radius 1 is 0.926 bits per heavy atom. The first-order chi connectivity index (χ1) is 11.0. The third-order valence-corrected chi connectivity index (χ3v) is 3.84. The van der Waals surface area contributed by atoms with Gasteiger partial charge in [-0.25, -0.2) is 0 Å². The first-order valence-corrected chi connectivity index (χ1v) is 9.04. The van der Waals surface area contributed by atoms with Gasteiger partial charge in [-0.3, -0.25) is 0 Å². The molecular weight excluding hydrogens is 444 g/mol. The van der Waals surface area contributed by atoms with E-state index in [1.54, 1.807) is 0 Å². The van der Waals surface area contributed by atoms with E-state index in [1.165, 1.54) is 27.8 Å². The number of aryl methyl sites for hydroxylation is 1. The molecule has 0 aromatic heterocycles. The second-order valence-electron chi connectivity index (χ2n) is 6.58. The zero-order valence-electron chi connectivity index (χ0n) is 17.2. The molecule has 0 saturated heterocycles. The average Bonchev–Trinajstić information content (AvgIpc) is 2.74. The molecule has 5 nitrogen and oxygen atoms in total. The Hall–Kier alpha value is 3.26. The number of fused-ring (bicyclic) bond motifs is 1. The quantitative estimate of drug-likeness (QED) is 0.309. The van der Waals surface area contributed by atoms with Gasteiger partial charge in [0.25, 0.3) is 0 Å². The maximum absolute atomic E-state index is 8.55. The second kappa shape index (κ2) is 13.7. The van der Waals surface area contributed by atoms with Gasteiger partial charge in [-0.15, -0.1) is 0 Å². The fourth-order valence-electron chi connectivity index (χ4n) is 2.85. The average molecular weight is 465 g/mol. The van der Waals surface area contributed by atoms with Crippen LogP contribution in [0.1, 0.15) is 30.5 Å². The Labute approximate surface area is 288 Å². The molecule has 0 unspecified atom stereocenters. The van der Waals surface area contributed by atoms with Crippen LogP contribution in [0.2, 0.25) is 0 Å². The predicted octanol–water partition coefficient (Wildman–Crippen LogP) is -7.13. The summed E-state index contributed by atoms with van der Waals surface area (Å²) in [5.74, 6) is 1.09. The minimum absolute atomic E-state index is 0. The van der Waals surface area contributed by atoms with Gasteiger partial charge in [0.15, 0.2) is 0 Å². The van der Waals surface area contributed by atoms with Crippen LogP contribution in [0.25, 0.3) is 11.1 Å². The Kier molecular flexibility index (Phi) is 16.5. The molecule has 2 aromatic rings. The van der Waals surface area contributed by atoms with Gasteiger partial charge in [-0.2, -0.15) is 7.82 Å². The Morgan fingerprint density at radius 2 is 1.41 bits per heavy atom. The molecule has 2 aromatic carbocycles. The van der Waals surface area contributed by atoms with Crippen LogP contribution in [-0.2, 0) is 11.0 Å². The molecular formula is C18H20K3O5P. The minimum Gasteiger partial charge on any atom is -0.822 e. The van der Waals surface area contributed by atoms with Crippen molar-refractivity contribution in [3.63, 3.8) is 0 Å². The second-order valence-corrected chi connectivity index (χ2v) is 7.47. The molecule has 0 fully saturated rings. The molecule has 0 N–H and O–H groups in total. The molecule has 27 heavy (non-hydrogen) atoms. The number of hydrogen-bond acceptors (Lipinski definition) is 5. The molecule has 0 spiro atoms. The van der Waals surface area contributed by atoms with Crippen molar-refractivity contribution in [2.45, 2.75) is 39.7 Å². The molecule has 0 bridgehead atoms. The van der Waals surface area contributed by atoms with Crippen molar-refractivity contribution in [2.24, 2.45) is 0 Å². The van der Waals surface area contributed by atoms with E-state index < -0.39 is 7.82 Å². The smallest absolute Gasteiger partial charge is 0.822 e. The topological polar surface area (TPSA) is 95.5 Å².